The van der Waals surface area contributed by atoms with Gasteiger partial charge in [-0.3, -0.25) is 4.18 Å². The summed E-state index contributed by atoms with van der Waals surface area (Å²) in [4.78, 5) is 52.4. The molecule has 39 atom stereocenters. The lowest BCUT2D eigenvalue weighted by Crippen LogP contribution is -2.65. The highest BCUT2D eigenvalue weighted by atomic mass is 32.2. The predicted molar refractivity (Wildman–Crippen MR) is 521 cm³/mol. The van der Waals surface area contributed by atoms with Gasteiger partial charge in [0.1, 0.15) is 124 Å². The molecular weight excluding hydrogens is 1940 g/mol. The van der Waals surface area contributed by atoms with Crippen molar-refractivity contribution < 1.29 is 172 Å². The third kappa shape index (κ3) is 29.2. The first-order valence-electron chi connectivity index (χ1n) is 50.3. The molecule has 2 saturated carbocycles. The second-order valence-corrected chi connectivity index (χ2v) is 40.5. The van der Waals surface area contributed by atoms with Crippen LogP contribution in [0.4, 0.5) is 19.2 Å². The monoisotopic (exact) mass is 2080 g/mol. The SMILES string of the molecule is C=CCO[C@H]1[C@H](O[C@@H]2[C@@H](O)[C@H](C)C[C@H](NC(=O)OCc3ccccc3)[C@H]2O[C@H]2O[C@@H]3COC(c4ccccc4)O[C@H]3[C@H](O)[C@H]2C)O[C@H](CC)[C@H]1O[C@H]1O[C@@H](CNC(=O)OCc2ccccc2)[C@@H](O)[C@H](O)[C@H]1C.C=CCO[C@H]1[C@H](O[C@@H]2[C@@H](O)[C@H](C)C[C@H](NC(=O)OCc3ccccc3)[C@H]2O[C@H]2O[C@H](COS(=O)(=O)c3ccc(C)cc3)[C@@H](O)[C@H](O)[C@H]2C)O[C@H](CC)[C@H]1O[C@H]1O[C@@H](CNC(=O)OCc2ccccc2)[C@@H](O)[C@H](O)[C@H]1C. The average Bonchev–Trinajstić information content (AvgIpc) is 1.73. The zero-order chi connectivity index (χ0) is 105. The minimum absolute atomic E-state index is 0.000923. The van der Waals surface area contributed by atoms with Crippen molar-refractivity contribution in [3.05, 3.63) is 235 Å². The highest BCUT2D eigenvalue weighted by molar-refractivity contribution is 7.86. The molecule has 0 aromatic heterocycles. The Morgan fingerprint density at radius 3 is 1.11 bits per heavy atom. The summed E-state index contributed by atoms with van der Waals surface area (Å²) in [6, 6.07) is 50.0. The Kier molecular flexibility index (Phi) is 41.4. The molecule has 1 unspecified atom stereocenters. The smallest absolute Gasteiger partial charge is 0.407 e. The van der Waals surface area contributed by atoms with Crippen LogP contribution in [-0.4, -0.2) is 315 Å². The fourth-order valence-electron chi connectivity index (χ4n) is 19.5. The van der Waals surface area contributed by atoms with Crippen LogP contribution in [-0.2, 0) is 135 Å². The standard InChI is InChI=1S/C53H72N2O19S.C53H70N2O17/c1-7-23-65-48-46(73-49-31(5)41(57)43(59)38(70-49)25-54-52(61)66-26-33-15-11-9-12-16-33)37(8-2)69-51(48)74-47-40(56)30(4)24-36(55-53(62)67-27-34-17-13-10-14-18-34)45(47)72-50-32(6)42(58)44(60)39(71-50)28-68-75(63,64)35-21-19-29(3)20-22-35;1-6-23-62-47-45(71-48-30(4)40(57)42(59)37(67-48)25-54-52(60)64-26-32-17-11-8-12-18-32)36(7-2)66-51(47)72-46-39(56)29(3)24-35(55-53(61)65-27-33-19-13-9-14-20-33)43(46)69-49-31(5)41(58)44-38(68-49)28-63-50(70-44)34-21-15-10-16-22-34/h7,9-22,30-32,36-51,56-60H,1,8,23-28H2,2-6H3,(H,54,61)(H,55,62);6,8-22,29-31,35-51,56-59H,1,7,23-28H2,2-5H3,(H,54,60)(H,55,61)/t30-,31-,32-,36+,37-,38+,39-,40+,41-,42-,43-,44-,45-,46-,47-,48-,49-,50-,51+;29-,30-,31-,35+,36-,37+,38-,39+,40-,41-,42-,43-,44-,45-,46-,47-,48-,49-,50?,51+/m11/s1. The van der Waals surface area contributed by atoms with Crippen molar-refractivity contribution in [3.63, 3.8) is 0 Å². The molecular formula is C106H142N4O36S. The van der Waals surface area contributed by atoms with Crippen molar-refractivity contribution in [2.75, 3.05) is 39.5 Å². The molecule has 7 aliphatic heterocycles. The van der Waals surface area contributed by atoms with Crippen LogP contribution in [0.3, 0.4) is 0 Å². The highest BCUT2D eigenvalue weighted by Crippen LogP contribution is 2.45. The van der Waals surface area contributed by atoms with Crippen molar-refractivity contribution in [3.8, 4) is 0 Å². The molecule has 2 aliphatic carbocycles. The molecule has 40 nitrogen and oxygen atoms in total. The van der Waals surface area contributed by atoms with Crippen LogP contribution in [0.2, 0.25) is 0 Å². The maximum Gasteiger partial charge on any atom is 0.407 e. The summed E-state index contributed by atoms with van der Waals surface area (Å²) in [6.45, 7) is 22.2. The minimum atomic E-state index is -4.34. The second-order valence-electron chi connectivity index (χ2n) is 38.9. The number of ether oxygens (including phenoxy) is 20. The van der Waals surface area contributed by atoms with Gasteiger partial charge in [0.2, 0.25) is 0 Å². The van der Waals surface area contributed by atoms with E-state index in [1.165, 1.54) is 18.2 Å². The van der Waals surface area contributed by atoms with Gasteiger partial charge in [-0.25, -0.2) is 19.2 Å². The van der Waals surface area contributed by atoms with Crippen LogP contribution in [0.25, 0.3) is 0 Å². The average molecular weight is 2080 g/mol. The number of hydrogen-bond acceptors (Lipinski definition) is 36. The topological polar surface area (TPSA) is 526 Å². The fraction of sp³-hybridized carbons (Fsp3) is 0.585. The quantitative estimate of drug-likeness (QED) is 0.00996. The van der Waals surface area contributed by atoms with Crippen molar-refractivity contribution in [1.82, 2.24) is 21.3 Å². The number of rotatable bonds is 39. The summed E-state index contributed by atoms with van der Waals surface area (Å²) in [7, 11) is -4.34. The Hall–Kier alpha value is -9.21. The first-order chi connectivity index (χ1) is 70.7. The zero-order valence-corrected chi connectivity index (χ0v) is 84.5. The van der Waals surface area contributed by atoms with Gasteiger partial charge in [-0.05, 0) is 78.8 Å². The van der Waals surface area contributed by atoms with E-state index >= 15 is 0 Å². The van der Waals surface area contributed by atoms with Gasteiger partial charge in [0, 0.05) is 42.3 Å². The van der Waals surface area contributed by atoms with Crippen LogP contribution >= 0.6 is 0 Å². The van der Waals surface area contributed by atoms with Gasteiger partial charge in [0.15, 0.2) is 44.0 Å². The number of benzene rings is 6. The number of nitrogens with one attached hydrogen (secondary N) is 4. The summed E-state index contributed by atoms with van der Waals surface area (Å²) >= 11 is 0. The molecule has 13 N–H and O–H groups in total. The molecule has 9 aliphatic rings. The Morgan fingerprint density at radius 1 is 0.381 bits per heavy atom. The number of aliphatic hydroxyl groups is 9. The van der Waals surface area contributed by atoms with Gasteiger partial charge in [-0.1, -0.05) is 237 Å². The van der Waals surface area contributed by atoms with Crippen LogP contribution < -0.4 is 21.3 Å². The van der Waals surface area contributed by atoms with Crippen molar-refractivity contribution in [2.45, 2.75) is 322 Å². The summed E-state index contributed by atoms with van der Waals surface area (Å²) in [5.41, 5.74) is 4.68. The number of aliphatic hydroxyl groups excluding tert-OH is 9. The maximum atomic E-state index is 13.6. The van der Waals surface area contributed by atoms with Crippen molar-refractivity contribution in [1.29, 1.82) is 0 Å². The van der Waals surface area contributed by atoms with E-state index in [2.05, 4.69) is 34.4 Å². The van der Waals surface area contributed by atoms with E-state index in [9.17, 15) is 73.6 Å². The summed E-state index contributed by atoms with van der Waals surface area (Å²) < 4.78 is 157. The third-order valence-electron chi connectivity index (χ3n) is 28.2. The van der Waals surface area contributed by atoms with Gasteiger partial charge < -0.3 is 162 Å². The molecule has 9 fully saturated rings. The first-order valence-corrected chi connectivity index (χ1v) is 51.7. The number of fused-ring (bicyclic) bond motifs is 1. The van der Waals surface area contributed by atoms with Crippen LogP contribution in [0.1, 0.15) is 121 Å². The summed E-state index contributed by atoms with van der Waals surface area (Å²) in [5.74, 6) is -4.25. The van der Waals surface area contributed by atoms with Gasteiger partial charge in [-0.15, -0.1) is 13.2 Å². The lowest BCUT2D eigenvalue weighted by Gasteiger charge is -2.50. The van der Waals surface area contributed by atoms with E-state index < -0.39 is 279 Å². The maximum absolute atomic E-state index is 13.6. The first kappa shape index (κ1) is 113. The molecule has 15 rings (SSSR count). The minimum Gasteiger partial charge on any atom is -0.445 e. The van der Waals surface area contributed by atoms with Gasteiger partial charge in [0.05, 0.1) is 92.2 Å². The van der Waals surface area contributed by atoms with Crippen LogP contribution in [0.15, 0.2) is 206 Å². The van der Waals surface area contributed by atoms with Gasteiger partial charge in [0.25, 0.3) is 10.1 Å². The van der Waals surface area contributed by atoms with Crippen molar-refractivity contribution >= 4 is 34.5 Å². The molecule has 0 bridgehead atoms. The molecule has 6 aromatic carbocycles. The number of carbonyl (C=O) groups excluding carboxylic acids is 4. The number of hydrogen-bond donors (Lipinski definition) is 13. The Balaban J connectivity index is 0.000000232. The lowest BCUT2D eigenvalue weighted by atomic mass is 9.80. The molecule has 4 amide bonds. The number of alkyl carbamates (subject to hydrolysis) is 4. The summed E-state index contributed by atoms with van der Waals surface area (Å²) in [6.07, 6.45) is -34.8. The molecule has 7 heterocycles. The number of carbonyl (C=O) groups is 4. The molecule has 0 radical (unpaired) electrons. The molecule has 0 spiro atoms. The van der Waals surface area contributed by atoms with E-state index in [-0.39, 0.29) is 77.1 Å². The van der Waals surface area contributed by atoms with E-state index in [1.54, 1.807) is 96.1 Å². The lowest BCUT2D eigenvalue weighted by molar-refractivity contribution is -0.366. The van der Waals surface area contributed by atoms with Gasteiger partial charge in [-0.2, -0.15) is 8.42 Å². The van der Waals surface area contributed by atoms with Gasteiger partial charge >= 0.3 is 24.4 Å². The molecule has 41 heteroatoms. The second kappa shape index (κ2) is 53.7. The largest absolute Gasteiger partial charge is 0.445 e. The van der Waals surface area contributed by atoms with E-state index in [0.717, 1.165) is 33.4 Å². The highest BCUT2D eigenvalue weighted by Gasteiger charge is 2.60. The van der Waals surface area contributed by atoms with Crippen LogP contribution in [0.5, 0.6) is 0 Å². The molecule has 808 valence electrons. The predicted octanol–water partition coefficient (Wildman–Crippen LogP) is 7.74. The van der Waals surface area contributed by atoms with E-state index in [4.69, 9.17) is 98.9 Å². The number of aryl methyl sites for hydroxylation is 1. The molecule has 147 heavy (non-hydrogen) atoms. The van der Waals surface area contributed by atoms with E-state index in [0.29, 0.717) is 12.8 Å². The fourth-order valence-corrected chi connectivity index (χ4v) is 20.4. The number of amides is 4. The zero-order valence-electron chi connectivity index (χ0n) is 83.7. The normalized spacial score (nSPS) is 36.4. The van der Waals surface area contributed by atoms with Crippen molar-refractivity contribution in [2.24, 2.45) is 35.5 Å². The molecule has 6 aromatic rings. The third-order valence-corrected chi connectivity index (χ3v) is 29.5. The van der Waals surface area contributed by atoms with Crippen LogP contribution in [0, 0.1) is 42.4 Å². The Morgan fingerprint density at radius 2 is 0.721 bits per heavy atom. The molecule has 7 saturated heterocycles. The van der Waals surface area contributed by atoms with E-state index in [1.807, 2.05) is 136 Å². The summed E-state index contributed by atoms with van der Waals surface area (Å²) in [5, 5.41) is 114. The Bertz CT molecular complexity index is 5180. The Labute approximate surface area is 855 Å².